The number of halogens is 1. The van der Waals surface area contributed by atoms with E-state index in [0.29, 0.717) is 18.4 Å². The molecule has 4 aromatic rings. The van der Waals surface area contributed by atoms with Gasteiger partial charge in [0.2, 0.25) is 0 Å². The van der Waals surface area contributed by atoms with Gasteiger partial charge in [-0.1, -0.05) is 13.8 Å². The Hall–Kier alpha value is -3.15. The lowest BCUT2D eigenvalue weighted by atomic mass is 9.70. The van der Waals surface area contributed by atoms with Crippen molar-refractivity contribution < 1.29 is 14.3 Å². The number of hydrogen-bond donors (Lipinski definition) is 2. The molecule has 0 bridgehead atoms. The number of carboxylic acid groups (broad SMARTS) is 1. The van der Waals surface area contributed by atoms with Crippen LogP contribution in [0, 0.1) is 18.7 Å². The molecule has 5 rings (SSSR count). The Balaban J connectivity index is 1.82. The van der Waals surface area contributed by atoms with Crippen LogP contribution >= 0.6 is 0 Å². The Labute approximate surface area is 173 Å². The Morgan fingerprint density at radius 3 is 2.70 bits per heavy atom. The van der Waals surface area contributed by atoms with Crippen LogP contribution in [0.2, 0.25) is 0 Å². The summed E-state index contributed by atoms with van der Waals surface area (Å²) in [5.41, 5.74) is 6.75. The number of rotatable bonds is 4. The lowest BCUT2D eigenvalue weighted by Crippen LogP contribution is -2.29. The van der Waals surface area contributed by atoms with Gasteiger partial charge in [-0.15, -0.1) is 0 Å². The molecule has 6 heteroatoms. The summed E-state index contributed by atoms with van der Waals surface area (Å²) in [5.74, 6) is -0.801. The number of nitrogens with zero attached hydrogens (tertiary/aromatic N) is 2. The van der Waals surface area contributed by atoms with Crippen molar-refractivity contribution in [2.45, 2.75) is 45.4 Å². The molecular formula is C24H24FN3O2. The van der Waals surface area contributed by atoms with Crippen LogP contribution in [0.4, 0.5) is 4.39 Å². The summed E-state index contributed by atoms with van der Waals surface area (Å²) < 4.78 is 16.2. The number of hydrogen-bond acceptors (Lipinski definition) is 2. The maximum Gasteiger partial charge on any atom is 0.306 e. The number of nitrogens with one attached hydrogen (secondary N) is 1. The van der Waals surface area contributed by atoms with Crippen LogP contribution in [-0.4, -0.2) is 25.6 Å². The maximum absolute atomic E-state index is 14.0. The number of carbonyl (C=O) groups is 1. The minimum atomic E-state index is -0.716. The molecule has 0 atom stereocenters. The van der Waals surface area contributed by atoms with Gasteiger partial charge in [0.15, 0.2) is 0 Å². The summed E-state index contributed by atoms with van der Waals surface area (Å²) in [6.45, 7) is 6.08. The summed E-state index contributed by atoms with van der Waals surface area (Å²) in [6, 6.07) is 9.40. The van der Waals surface area contributed by atoms with E-state index in [1.807, 2.05) is 12.1 Å². The van der Waals surface area contributed by atoms with Crippen LogP contribution in [0.1, 0.15) is 55.3 Å². The number of fused-ring (bicyclic) bond motifs is 2. The molecular weight excluding hydrogens is 381 g/mol. The normalized spacial score (nSPS) is 19.0. The zero-order valence-electron chi connectivity index (χ0n) is 17.2. The molecule has 0 aliphatic heterocycles. The number of carboxylic acids is 1. The summed E-state index contributed by atoms with van der Waals surface area (Å²) >= 11 is 0. The number of aryl methyl sites for hydroxylation is 1. The zero-order valence-corrected chi connectivity index (χ0v) is 17.2. The fourth-order valence-electron chi connectivity index (χ4n) is 4.86. The minimum Gasteiger partial charge on any atom is -0.481 e. The van der Waals surface area contributed by atoms with E-state index in [4.69, 9.17) is 0 Å². The Morgan fingerprint density at radius 1 is 1.27 bits per heavy atom. The second-order valence-corrected chi connectivity index (χ2v) is 8.72. The molecule has 154 valence electrons. The quantitative estimate of drug-likeness (QED) is 0.460. The number of imidazole rings is 1. The lowest BCUT2D eigenvalue weighted by Gasteiger charge is -2.34. The molecule has 2 heterocycles. The molecule has 5 nitrogen and oxygen atoms in total. The number of aromatic nitrogens is 3. The van der Waals surface area contributed by atoms with Crippen LogP contribution in [0.25, 0.3) is 27.6 Å². The molecule has 1 aliphatic carbocycles. The van der Waals surface area contributed by atoms with Gasteiger partial charge in [0.05, 0.1) is 28.8 Å². The van der Waals surface area contributed by atoms with Crippen molar-refractivity contribution in [1.29, 1.82) is 0 Å². The smallest absolute Gasteiger partial charge is 0.306 e. The first-order valence-electron chi connectivity index (χ1n) is 10.4. The number of aliphatic carboxylic acids is 1. The van der Waals surface area contributed by atoms with E-state index in [1.54, 1.807) is 13.3 Å². The molecule has 1 saturated carbocycles. The third-order valence-corrected chi connectivity index (χ3v) is 6.43. The van der Waals surface area contributed by atoms with Crippen molar-refractivity contribution in [3.63, 3.8) is 0 Å². The van der Waals surface area contributed by atoms with E-state index in [2.05, 4.69) is 40.5 Å². The molecule has 30 heavy (non-hydrogen) atoms. The van der Waals surface area contributed by atoms with Gasteiger partial charge in [-0.25, -0.2) is 9.37 Å². The predicted octanol–water partition coefficient (Wildman–Crippen LogP) is 5.66. The minimum absolute atomic E-state index is 0.203. The van der Waals surface area contributed by atoms with Crippen molar-refractivity contribution in [3.8, 4) is 5.69 Å². The van der Waals surface area contributed by atoms with Gasteiger partial charge in [-0.2, -0.15) is 0 Å². The fraction of sp³-hybridized carbons (Fsp3) is 0.333. The lowest BCUT2D eigenvalue weighted by molar-refractivity contribution is -0.145. The molecule has 1 aliphatic rings. The Bertz CT molecular complexity index is 1300. The highest BCUT2D eigenvalue weighted by Crippen LogP contribution is 2.49. The predicted molar refractivity (Wildman–Crippen MR) is 115 cm³/mol. The average Bonchev–Trinajstić information content (AvgIpc) is 3.23. The molecule has 2 N–H and O–H groups in total. The molecule has 0 spiro atoms. The molecule has 0 saturated heterocycles. The van der Waals surface area contributed by atoms with Gasteiger partial charge >= 0.3 is 5.97 Å². The van der Waals surface area contributed by atoms with Crippen LogP contribution in [0.15, 0.2) is 36.7 Å². The second-order valence-electron chi connectivity index (χ2n) is 8.72. The van der Waals surface area contributed by atoms with Crippen LogP contribution in [-0.2, 0) is 4.79 Å². The molecule has 0 radical (unpaired) electrons. The van der Waals surface area contributed by atoms with Crippen LogP contribution < -0.4 is 0 Å². The SMILES string of the molecule is Cc1cc(-n2c(C(C)C)c(C3CC(C(=O)O)C3)c3cc4[nH]cnc4cc32)ccc1F. The molecule has 2 aromatic carbocycles. The molecule has 0 amide bonds. The summed E-state index contributed by atoms with van der Waals surface area (Å²) in [5, 5.41) is 10.5. The highest BCUT2D eigenvalue weighted by molar-refractivity contribution is 5.98. The van der Waals surface area contributed by atoms with Crippen molar-refractivity contribution in [2.75, 3.05) is 0 Å². The number of benzene rings is 2. The summed E-state index contributed by atoms with van der Waals surface area (Å²) in [7, 11) is 0. The summed E-state index contributed by atoms with van der Waals surface area (Å²) in [4.78, 5) is 19.0. The van der Waals surface area contributed by atoms with Gasteiger partial charge in [-0.05, 0) is 73.1 Å². The largest absolute Gasteiger partial charge is 0.481 e. The van der Waals surface area contributed by atoms with E-state index in [0.717, 1.165) is 33.3 Å². The number of aromatic amines is 1. The summed E-state index contributed by atoms with van der Waals surface area (Å²) in [6.07, 6.45) is 2.98. The Morgan fingerprint density at radius 2 is 2.03 bits per heavy atom. The zero-order chi connectivity index (χ0) is 21.2. The first kappa shape index (κ1) is 18.9. The van der Waals surface area contributed by atoms with E-state index < -0.39 is 5.97 Å². The fourth-order valence-corrected chi connectivity index (χ4v) is 4.86. The highest BCUT2D eigenvalue weighted by atomic mass is 19.1. The third-order valence-electron chi connectivity index (χ3n) is 6.43. The van der Waals surface area contributed by atoms with Crippen molar-refractivity contribution >= 4 is 27.9 Å². The average molecular weight is 405 g/mol. The van der Waals surface area contributed by atoms with E-state index >= 15 is 0 Å². The van der Waals surface area contributed by atoms with Crippen LogP contribution in [0.5, 0.6) is 0 Å². The second kappa shape index (κ2) is 6.69. The van der Waals surface area contributed by atoms with E-state index in [1.165, 1.54) is 11.6 Å². The van der Waals surface area contributed by atoms with E-state index in [9.17, 15) is 14.3 Å². The van der Waals surface area contributed by atoms with Gasteiger partial charge in [-0.3, -0.25) is 4.79 Å². The van der Waals surface area contributed by atoms with Crippen molar-refractivity contribution in [3.05, 3.63) is 59.3 Å². The van der Waals surface area contributed by atoms with Gasteiger partial charge in [0, 0.05) is 16.8 Å². The molecule has 2 aromatic heterocycles. The van der Waals surface area contributed by atoms with Gasteiger partial charge in [0.25, 0.3) is 0 Å². The third kappa shape index (κ3) is 2.74. The first-order valence-corrected chi connectivity index (χ1v) is 10.4. The maximum atomic E-state index is 14.0. The number of H-pyrrole nitrogens is 1. The Kier molecular flexibility index (Phi) is 4.20. The van der Waals surface area contributed by atoms with Gasteiger partial charge in [0.1, 0.15) is 5.82 Å². The molecule has 1 fully saturated rings. The monoisotopic (exact) mass is 405 g/mol. The topological polar surface area (TPSA) is 70.9 Å². The highest BCUT2D eigenvalue weighted by Gasteiger charge is 2.39. The van der Waals surface area contributed by atoms with Crippen LogP contribution in [0.3, 0.4) is 0 Å². The standard InChI is InChI=1S/C24H24FN3O2/c1-12(2)23-22(14-7-15(8-14)24(29)30)17-9-19-20(27-11-26-19)10-21(17)28(23)16-4-5-18(25)13(3)6-16/h4-6,9-12,14-15H,7-8H2,1-3H3,(H,26,27)(H,29,30). The van der Waals surface area contributed by atoms with Crippen molar-refractivity contribution in [1.82, 2.24) is 14.5 Å². The first-order chi connectivity index (χ1) is 14.3. The van der Waals surface area contributed by atoms with Crippen molar-refractivity contribution in [2.24, 2.45) is 5.92 Å². The van der Waals surface area contributed by atoms with Gasteiger partial charge < -0.3 is 14.7 Å². The van der Waals surface area contributed by atoms with E-state index in [-0.39, 0.29) is 23.6 Å². The molecule has 0 unspecified atom stereocenters.